The number of aromatic nitrogens is 1. The fourth-order valence-corrected chi connectivity index (χ4v) is 3.53. The number of methoxy groups -OCH3 is 1. The number of hydrogen-bond donors (Lipinski definition) is 3. The second-order valence-electron chi connectivity index (χ2n) is 6.06. The molecular weight excluding hydrogens is 384 g/mol. The van der Waals surface area contributed by atoms with E-state index in [1.807, 2.05) is 0 Å². The maximum Gasteiger partial charge on any atom is 0.357 e. The number of carbonyl (C=O) groups excluding carboxylic acids is 4. The summed E-state index contributed by atoms with van der Waals surface area (Å²) in [6, 6.07) is 5.85. The summed E-state index contributed by atoms with van der Waals surface area (Å²) in [4.78, 5) is 53.1. The van der Waals surface area contributed by atoms with Crippen molar-refractivity contribution in [3.63, 3.8) is 0 Å². The highest BCUT2D eigenvalue weighted by Crippen LogP contribution is 2.23. The van der Waals surface area contributed by atoms with Crippen molar-refractivity contribution in [1.29, 1.82) is 0 Å². The second-order valence-corrected chi connectivity index (χ2v) is 7.27. The molecule has 10 heteroatoms. The Morgan fingerprint density at radius 3 is 2.79 bits per heavy atom. The molecule has 2 heterocycles. The van der Waals surface area contributed by atoms with E-state index in [0.717, 1.165) is 11.3 Å². The molecule has 0 fully saturated rings. The first-order valence-corrected chi connectivity index (χ1v) is 9.27. The van der Waals surface area contributed by atoms with Crippen LogP contribution < -0.4 is 16.0 Å². The average molecular weight is 402 g/mol. The van der Waals surface area contributed by atoms with E-state index in [1.54, 1.807) is 31.2 Å². The molecule has 1 aromatic heterocycles. The van der Waals surface area contributed by atoms with Gasteiger partial charge in [-0.1, -0.05) is 12.1 Å². The molecule has 1 atom stereocenters. The van der Waals surface area contributed by atoms with E-state index in [-0.39, 0.29) is 41.4 Å². The third-order valence-corrected chi connectivity index (χ3v) is 5.02. The topological polar surface area (TPSA) is 126 Å². The van der Waals surface area contributed by atoms with Crippen molar-refractivity contribution in [3.8, 4) is 0 Å². The standard InChI is InChI=1S/C18H18N4O5S/c1-9-14(17(26)27-2)22-18(28-9)21-13(23)8-7-12-16(25)19-11-6-4-3-5-10(11)15(24)20-12/h3-6,12H,7-8H2,1-2H3,(H,19,25)(H,20,24)(H,21,22,23). The Kier molecular flexibility index (Phi) is 5.69. The zero-order valence-electron chi connectivity index (χ0n) is 15.2. The van der Waals surface area contributed by atoms with Gasteiger partial charge in [-0.3, -0.25) is 14.4 Å². The van der Waals surface area contributed by atoms with Crippen LogP contribution in [0.3, 0.4) is 0 Å². The van der Waals surface area contributed by atoms with Crippen molar-refractivity contribution in [3.05, 3.63) is 40.4 Å². The molecule has 0 bridgehead atoms. The number of amides is 3. The first kappa shape index (κ1) is 19.5. The number of benzene rings is 1. The van der Waals surface area contributed by atoms with E-state index in [9.17, 15) is 19.2 Å². The van der Waals surface area contributed by atoms with Gasteiger partial charge in [0.15, 0.2) is 10.8 Å². The highest BCUT2D eigenvalue weighted by molar-refractivity contribution is 7.16. The molecule has 3 rings (SSSR count). The van der Waals surface area contributed by atoms with Gasteiger partial charge in [0.2, 0.25) is 11.8 Å². The molecule has 3 N–H and O–H groups in total. The number of nitrogens with zero attached hydrogens (tertiary/aromatic N) is 1. The van der Waals surface area contributed by atoms with Crippen molar-refractivity contribution in [2.45, 2.75) is 25.8 Å². The number of aryl methyl sites for hydroxylation is 1. The quantitative estimate of drug-likeness (QED) is 0.654. The number of thiazole rings is 1. The number of anilines is 2. The van der Waals surface area contributed by atoms with Gasteiger partial charge in [0.05, 0.1) is 18.4 Å². The average Bonchev–Trinajstić information content (AvgIpc) is 2.98. The van der Waals surface area contributed by atoms with Gasteiger partial charge in [-0.05, 0) is 25.5 Å². The third kappa shape index (κ3) is 4.17. The van der Waals surface area contributed by atoms with Gasteiger partial charge in [0, 0.05) is 11.3 Å². The molecule has 0 saturated carbocycles. The smallest absolute Gasteiger partial charge is 0.357 e. The Bertz CT molecular complexity index is 955. The molecule has 28 heavy (non-hydrogen) atoms. The normalized spacial score (nSPS) is 15.7. The molecular formula is C18H18N4O5S. The zero-order valence-corrected chi connectivity index (χ0v) is 16.0. The molecule has 1 aromatic carbocycles. The van der Waals surface area contributed by atoms with E-state index in [2.05, 4.69) is 25.7 Å². The predicted molar refractivity (Wildman–Crippen MR) is 102 cm³/mol. The highest BCUT2D eigenvalue weighted by atomic mass is 32.1. The molecule has 0 spiro atoms. The van der Waals surface area contributed by atoms with Crippen molar-refractivity contribution in [1.82, 2.24) is 10.3 Å². The van der Waals surface area contributed by atoms with Crippen molar-refractivity contribution < 1.29 is 23.9 Å². The Balaban J connectivity index is 1.60. The minimum atomic E-state index is -0.839. The van der Waals surface area contributed by atoms with Crippen LogP contribution in [0.15, 0.2) is 24.3 Å². The maximum atomic E-state index is 12.3. The summed E-state index contributed by atoms with van der Waals surface area (Å²) in [5.41, 5.74) is 0.956. The van der Waals surface area contributed by atoms with Gasteiger partial charge in [-0.15, -0.1) is 11.3 Å². The van der Waals surface area contributed by atoms with E-state index in [1.165, 1.54) is 7.11 Å². The van der Waals surface area contributed by atoms with Crippen LogP contribution in [0.1, 0.15) is 38.6 Å². The lowest BCUT2D eigenvalue weighted by Gasteiger charge is -2.13. The van der Waals surface area contributed by atoms with Crippen molar-refractivity contribution in [2.24, 2.45) is 0 Å². The summed E-state index contributed by atoms with van der Waals surface area (Å²) < 4.78 is 4.63. The maximum absolute atomic E-state index is 12.3. The summed E-state index contributed by atoms with van der Waals surface area (Å²) in [5, 5.41) is 8.19. The molecule has 2 aromatic rings. The van der Waals surface area contributed by atoms with Gasteiger partial charge in [-0.2, -0.15) is 0 Å². The van der Waals surface area contributed by atoms with E-state index < -0.39 is 12.0 Å². The monoisotopic (exact) mass is 402 g/mol. The number of hydrogen-bond acceptors (Lipinski definition) is 7. The van der Waals surface area contributed by atoms with Gasteiger partial charge >= 0.3 is 5.97 Å². The van der Waals surface area contributed by atoms with Gasteiger partial charge < -0.3 is 20.7 Å². The van der Waals surface area contributed by atoms with Gasteiger partial charge in [-0.25, -0.2) is 9.78 Å². The largest absolute Gasteiger partial charge is 0.464 e. The fraction of sp³-hybridized carbons (Fsp3) is 0.278. The number of carbonyl (C=O) groups is 4. The Morgan fingerprint density at radius 2 is 2.04 bits per heavy atom. The molecule has 1 unspecified atom stereocenters. The van der Waals surface area contributed by atoms with Crippen molar-refractivity contribution in [2.75, 3.05) is 17.7 Å². The summed E-state index contributed by atoms with van der Waals surface area (Å²) in [7, 11) is 1.25. The summed E-state index contributed by atoms with van der Waals surface area (Å²) in [6.07, 6.45) is 0.104. The molecule has 146 valence electrons. The number of para-hydroxylation sites is 1. The summed E-state index contributed by atoms with van der Waals surface area (Å²) in [5.74, 6) is -1.72. The van der Waals surface area contributed by atoms with Crippen LogP contribution in [0.5, 0.6) is 0 Å². The Morgan fingerprint density at radius 1 is 1.29 bits per heavy atom. The van der Waals surface area contributed by atoms with Crippen LogP contribution >= 0.6 is 11.3 Å². The molecule has 1 aliphatic rings. The van der Waals surface area contributed by atoms with E-state index in [4.69, 9.17) is 0 Å². The van der Waals surface area contributed by atoms with E-state index in [0.29, 0.717) is 16.1 Å². The first-order valence-electron chi connectivity index (χ1n) is 8.45. The molecule has 0 radical (unpaired) electrons. The number of ether oxygens (including phenoxy) is 1. The highest BCUT2D eigenvalue weighted by Gasteiger charge is 2.28. The Labute approximate surface area is 164 Å². The number of nitrogens with one attached hydrogen (secondary N) is 3. The lowest BCUT2D eigenvalue weighted by molar-refractivity contribution is -0.118. The van der Waals surface area contributed by atoms with Gasteiger partial charge in [0.25, 0.3) is 5.91 Å². The number of esters is 1. The molecule has 9 nitrogen and oxygen atoms in total. The van der Waals surface area contributed by atoms with Crippen LogP contribution in [-0.2, 0) is 14.3 Å². The molecule has 0 aliphatic carbocycles. The number of fused-ring (bicyclic) bond motifs is 1. The summed E-state index contributed by atoms with van der Waals surface area (Å²) in [6.45, 7) is 1.70. The minimum absolute atomic E-state index is 0.0130. The molecule has 1 aliphatic heterocycles. The predicted octanol–water partition coefficient (Wildman–Crippen LogP) is 1.71. The van der Waals surface area contributed by atoms with Crippen molar-refractivity contribution >= 4 is 45.8 Å². The lowest BCUT2D eigenvalue weighted by Crippen LogP contribution is -2.41. The van der Waals surface area contributed by atoms with E-state index >= 15 is 0 Å². The van der Waals surface area contributed by atoms with Crippen LogP contribution in [0.4, 0.5) is 10.8 Å². The first-order chi connectivity index (χ1) is 13.4. The fourth-order valence-electron chi connectivity index (χ4n) is 2.71. The zero-order chi connectivity index (χ0) is 20.3. The minimum Gasteiger partial charge on any atom is -0.464 e. The SMILES string of the molecule is COC(=O)c1nc(NC(=O)CCC2NC(=O)c3ccccc3NC2=O)sc1C. The Hall–Kier alpha value is -3.27. The molecule has 3 amide bonds. The third-order valence-electron chi connectivity index (χ3n) is 4.13. The lowest BCUT2D eigenvalue weighted by atomic mass is 10.1. The summed E-state index contributed by atoms with van der Waals surface area (Å²) >= 11 is 1.15. The van der Waals surface area contributed by atoms with Gasteiger partial charge in [0.1, 0.15) is 6.04 Å². The number of rotatable bonds is 5. The van der Waals surface area contributed by atoms with Crippen LogP contribution in [0.25, 0.3) is 0 Å². The molecule has 0 saturated heterocycles. The van der Waals surface area contributed by atoms with Crippen LogP contribution in [0, 0.1) is 6.92 Å². The second kappa shape index (κ2) is 8.17. The van der Waals surface area contributed by atoms with Crippen LogP contribution in [0.2, 0.25) is 0 Å². The van der Waals surface area contributed by atoms with Crippen LogP contribution in [-0.4, -0.2) is 41.8 Å².